The third-order valence-electron chi connectivity index (χ3n) is 2.63. The van der Waals surface area contributed by atoms with E-state index in [1.807, 2.05) is 6.92 Å². The second kappa shape index (κ2) is 6.60. The number of halogens is 1. The van der Waals surface area contributed by atoms with Crippen LogP contribution in [0.1, 0.15) is 13.3 Å². The fourth-order valence-electron chi connectivity index (χ4n) is 1.72. The molecule has 0 radical (unpaired) electrons. The van der Waals surface area contributed by atoms with Gasteiger partial charge in [-0.15, -0.1) is 0 Å². The minimum absolute atomic E-state index is 0.0132. The van der Waals surface area contributed by atoms with Gasteiger partial charge in [-0.1, -0.05) is 13.0 Å². The van der Waals surface area contributed by atoms with E-state index in [1.54, 1.807) is 6.07 Å². The summed E-state index contributed by atoms with van der Waals surface area (Å²) in [4.78, 5) is 18.4. The molecular weight excluding hydrogens is 277 g/mol. The number of nitro groups is 1. The van der Waals surface area contributed by atoms with Gasteiger partial charge in [0.15, 0.2) is 0 Å². The quantitative estimate of drug-likeness (QED) is 0.627. The van der Waals surface area contributed by atoms with Gasteiger partial charge in [0.2, 0.25) is 11.6 Å². The van der Waals surface area contributed by atoms with Crippen LogP contribution in [0, 0.1) is 15.9 Å². The summed E-state index contributed by atoms with van der Waals surface area (Å²) in [6.45, 7) is 2.49. The highest BCUT2D eigenvalue weighted by Crippen LogP contribution is 2.31. The van der Waals surface area contributed by atoms with E-state index in [0.717, 1.165) is 6.42 Å². The van der Waals surface area contributed by atoms with Gasteiger partial charge in [0.1, 0.15) is 12.1 Å². The van der Waals surface area contributed by atoms with Crippen LogP contribution in [0.5, 0.6) is 0 Å². The molecule has 1 aromatic heterocycles. The van der Waals surface area contributed by atoms with Gasteiger partial charge in [0.25, 0.3) is 0 Å². The second-order valence-corrected chi connectivity index (χ2v) is 4.24. The summed E-state index contributed by atoms with van der Waals surface area (Å²) in [5, 5.41) is 16.8. The zero-order valence-corrected chi connectivity index (χ0v) is 11.3. The van der Waals surface area contributed by atoms with Crippen molar-refractivity contribution in [2.45, 2.75) is 13.3 Å². The van der Waals surface area contributed by atoms with Gasteiger partial charge in [-0.3, -0.25) is 10.1 Å². The Hall–Kier alpha value is -2.77. The molecule has 0 spiro atoms. The zero-order valence-electron chi connectivity index (χ0n) is 11.3. The standard InChI is InChI=1S/C13H14FN5O2/c1-2-6-15-12-11(19(20)21)13(17-8-16-12)18-10-5-3-4-9(14)7-10/h3-5,7-8H,2,6H2,1H3,(H2,15,16,17,18). The van der Waals surface area contributed by atoms with Gasteiger partial charge in [-0.05, 0) is 24.6 Å². The predicted octanol–water partition coefficient (Wildman–Crippen LogP) is 3.09. The van der Waals surface area contributed by atoms with Crippen molar-refractivity contribution in [2.75, 3.05) is 17.2 Å². The molecule has 7 nitrogen and oxygen atoms in total. The van der Waals surface area contributed by atoms with E-state index >= 15 is 0 Å². The lowest BCUT2D eigenvalue weighted by Crippen LogP contribution is -2.08. The Morgan fingerprint density at radius 3 is 2.76 bits per heavy atom. The van der Waals surface area contributed by atoms with Crippen LogP contribution in [0.4, 0.5) is 27.4 Å². The Kier molecular flexibility index (Phi) is 4.60. The molecule has 0 atom stereocenters. The van der Waals surface area contributed by atoms with Crippen LogP contribution in [-0.4, -0.2) is 21.4 Å². The van der Waals surface area contributed by atoms with Crippen LogP contribution in [0.25, 0.3) is 0 Å². The summed E-state index contributed by atoms with van der Waals surface area (Å²) in [6.07, 6.45) is 2.01. The first kappa shape index (κ1) is 14.6. The minimum atomic E-state index is -0.570. The largest absolute Gasteiger partial charge is 0.364 e. The first-order valence-corrected chi connectivity index (χ1v) is 6.37. The van der Waals surface area contributed by atoms with Crippen LogP contribution >= 0.6 is 0 Å². The smallest absolute Gasteiger partial charge is 0.353 e. The number of benzene rings is 1. The molecule has 2 rings (SSSR count). The fourth-order valence-corrected chi connectivity index (χ4v) is 1.72. The van der Waals surface area contributed by atoms with Gasteiger partial charge in [0, 0.05) is 12.2 Å². The van der Waals surface area contributed by atoms with Crippen LogP contribution < -0.4 is 10.6 Å². The Bertz CT molecular complexity index is 650. The number of nitrogens with zero attached hydrogens (tertiary/aromatic N) is 3. The molecule has 8 heteroatoms. The van der Waals surface area contributed by atoms with E-state index < -0.39 is 10.7 Å². The molecule has 0 amide bonds. The number of hydrogen-bond donors (Lipinski definition) is 2. The predicted molar refractivity (Wildman–Crippen MR) is 77.1 cm³/mol. The number of hydrogen-bond acceptors (Lipinski definition) is 6. The number of rotatable bonds is 6. The molecule has 2 N–H and O–H groups in total. The van der Waals surface area contributed by atoms with Gasteiger partial charge >= 0.3 is 5.69 Å². The molecule has 0 bridgehead atoms. The lowest BCUT2D eigenvalue weighted by molar-refractivity contribution is -0.383. The van der Waals surface area contributed by atoms with E-state index in [-0.39, 0.29) is 17.3 Å². The Morgan fingerprint density at radius 1 is 1.33 bits per heavy atom. The van der Waals surface area contributed by atoms with Crippen LogP contribution in [0.3, 0.4) is 0 Å². The third kappa shape index (κ3) is 3.62. The first-order valence-electron chi connectivity index (χ1n) is 6.37. The molecule has 0 saturated heterocycles. The summed E-state index contributed by atoms with van der Waals surface area (Å²) in [5.74, 6) is -0.295. The lowest BCUT2D eigenvalue weighted by Gasteiger charge is -2.09. The second-order valence-electron chi connectivity index (χ2n) is 4.24. The number of anilines is 3. The summed E-state index contributed by atoms with van der Waals surface area (Å²) in [5.41, 5.74) is 0.105. The van der Waals surface area contributed by atoms with Crippen molar-refractivity contribution >= 4 is 23.0 Å². The fraction of sp³-hybridized carbons (Fsp3) is 0.231. The monoisotopic (exact) mass is 291 g/mol. The summed E-state index contributed by atoms with van der Waals surface area (Å²) in [6, 6.07) is 5.60. The molecule has 0 saturated carbocycles. The van der Waals surface area contributed by atoms with Gasteiger partial charge in [-0.25, -0.2) is 14.4 Å². The molecule has 0 aliphatic carbocycles. The average Bonchev–Trinajstić information content (AvgIpc) is 2.45. The molecule has 0 unspecified atom stereocenters. The zero-order chi connectivity index (χ0) is 15.2. The lowest BCUT2D eigenvalue weighted by atomic mass is 10.3. The van der Waals surface area contributed by atoms with Crippen LogP contribution in [0.2, 0.25) is 0 Å². The van der Waals surface area contributed by atoms with Crippen molar-refractivity contribution in [2.24, 2.45) is 0 Å². The topological polar surface area (TPSA) is 93.0 Å². The number of nitrogens with one attached hydrogen (secondary N) is 2. The first-order chi connectivity index (χ1) is 10.1. The van der Waals surface area contributed by atoms with Gasteiger partial charge < -0.3 is 10.6 Å². The molecular formula is C13H14FN5O2. The van der Waals surface area contributed by atoms with E-state index in [0.29, 0.717) is 12.2 Å². The SMILES string of the molecule is CCCNc1ncnc(Nc2cccc(F)c2)c1[N+](=O)[O-]. The molecule has 110 valence electrons. The Balaban J connectivity index is 2.36. The average molecular weight is 291 g/mol. The third-order valence-corrected chi connectivity index (χ3v) is 2.63. The highest BCUT2D eigenvalue weighted by molar-refractivity contribution is 5.73. The summed E-state index contributed by atoms with van der Waals surface area (Å²) < 4.78 is 13.2. The maximum Gasteiger partial charge on any atom is 0.353 e. The van der Waals surface area contributed by atoms with Crippen molar-refractivity contribution in [1.82, 2.24) is 9.97 Å². The Labute approximate surface area is 120 Å². The van der Waals surface area contributed by atoms with Crippen molar-refractivity contribution in [3.63, 3.8) is 0 Å². The van der Waals surface area contributed by atoms with Crippen LogP contribution in [0.15, 0.2) is 30.6 Å². The molecule has 1 heterocycles. The van der Waals surface area contributed by atoms with E-state index in [1.165, 1.54) is 24.5 Å². The van der Waals surface area contributed by atoms with E-state index in [4.69, 9.17) is 0 Å². The highest BCUT2D eigenvalue weighted by atomic mass is 19.1. The molecule has 21 heavy (non-hydrogen) atoms. The normalized spacial score (nSPS) is 10.2. The van der Waals surface area contributed by atoms with E-state index in [2.05, 4.69) is 20.6 Å². The minimum Gasteiger partial charge on any atom is -0.364 e. The summed E-state index contributed by atoms with van der Waals surface area (Å²) >= 11 is 0. The van der Waals surface area contributed by atoms with Crippen molar-refractivity contribution in [3.8, 4) is 0 Å². The maximum absolute atomic E-state index is 13.2. The van der Waals surface area contributed by atoms with E-state index in [9.17, 15) is 14.5 Å². The molecule has 0 fully saturated rings. The number of aromatic nitrogens is 2. The molecule has 2 aromatic rings. The molecule has 1 aromatic carbocycles. The van der Waals surface area contributed by atoms with Crippen molar-refractivity contribution < 1.29 is 9.31 Å². The van der Waals surface area contributed by atoms with Crippen molar-refractivity contribution in [3.05, 3.63) is 46.5 Å². The molecule has 0 aliphatic heterocycles. The maximum atomic E-state index is 13.2. The van der Waals surface area contributed by atoms with Crippen molar-refractivity contribution in [1.29, 1.82) is 0 Å². The van der Waals surface area contributed by atoms with Crippen LogP contribution in [-0.2, 0) is 0 Å². The van der Waals surface area contributed by atoms with Gasteiger partial charge in [-0.2, -0.15) is 0 Å². The van der Waals surface area contributed by atoms with Gasteiger partial charge in [0.05, 0.1) is 4.92 Å². The Morgan fingerprint density at radius 2 is 2.10 bits per heavy atom. The molecule has 0 aliphatic rings. The highest BCUT2D eigenvalue weighted by Gasteiger charge is 2.22. The summed E-state index contributed by atoms with van der Waals surface area (Å²) in [7, 11) is 0.